The van der Waals surface area contributed by atoms with E-state index in [9.17, 15) is 12.8 Å². The number of anilines is 1. The Labute approximate surface area is 113 Å². The highest BCUT2D eigenvalue weighted by Crippen LogP contribution is 2.21. The highest BCUT2D eigenvalue weighted by atomic mass is 32.2. The highest BCUT2D eigenvalue weighted by Gasteiger charge is 2.15. The van der Waals surface area contributed by atoms with Crippen molar-refractivity contribution < 1.29 is 12.8 Å². The monoisotopic (exact) mass is 284 g/mol. The van der Waals surface area contributed by atoms with Crippen LogP contribution in [-0.2, 0) is 9.84 Å². The molecule has 0 spiro atoms. The van der Waals surface area contributed by atoms with Crippen molar-refractivity contribution in [1.29, 1.82) is 5.26 Å². The van der Waals surface area contributed by atoms with E-state index in [2.05, 4.69) is 5.32 Å². The molecule has 0 bridgehead atoms. The van der Waals surface area contributed by atoms with Gasteiger partial charge in [-0.1, -0.05) is 6.92 Å². The molecule has 1 unspecified atom stereocenters. The molecule has 0 aliphatic heterocycles. The number of nitriles is 1. The van der Waals surface area contributed by atoms with Crippen molar-refractivity contribution in [1.82, 2.24) is 0 Å². The second-order valence-electron chi connectivity index (χ2n) is 4.49. The normalized spacial score (nSPS) is 12.8. The summed E-state index contributed by atoms with van der Waals surface area (Å²) in [6.45, 7) is 4.88. The molecule has 0 amide bonds. The summed E-state index contributed by atoms with van der Waals surface area (Å²) in [4.78, 5) is 0. The van der Waals surface area contributed by atoms with Gasteiger partial charge >= 0.3 is 0 Å². The van der Waals surface area contributed by atoms with E-state index < -0.39 is 15.7 Å². The summed E-state index contributed by atoms with van der Waals surface area (Å²) in [6, 6.07) is 4.20. The predicted molar refractivity (Wildman–Crippen MR) is 73.3 cm³/mol. The Bertz CT molecular complexity index is 606. The molecule has 0 heterocycles. The maximum absolute atomic E-state index is 13.6. The Hall–Kier alpha value is -1.61. The summed E-state index contributed by atoms with van der Waals surface area (Å²) in [5, 5.41) is 11.7. The van der Waals surface area contributed by atoms with Gasteiger partial charge in [0.1, 0.15) is 5.82 Å². The van der Waals surface area contributed by atoms with Gasteiger partial charge in [0.05, 0.1) is 17.4 Å². The van der Waals surface area contributed by atoms with E-state index in [1.54, 1.807) is 20.8 Å². The van der Waals surface area contributed by atoms with Crippen LogP contribution in [0.3, 0.4) is 0 Å². The molecule has 1 aromatic rings. The van der Waals surface area contributed by atoms with Crippen molar-refractivity contribution in [2.45, 2.75) is 26.8 Å². The number of benzene rings is 1. The molecule has 0 saturated heterocycles. The zero-order chi connectivity index (χ0) is 14.6. The van der Waals surface area contributed by atoms with Crippen LogP contribution < -0.4 is 5.32 Å². The average Bonchev–Trinajstić information content (AvgIpc) is 2.34. The minimum atomic E-state index is -3.10. The fraction of sp³-hybridized carbons (Fsp3) is 0.462. The second kappa shape index (κ2) is 6.02. The number of nitrogens with zero attached hydrogens (tertiary/aromatic N) is 1. The van der Waals surface area contributed by atoms with Crippen LogP contribution in [0, 0.1) is 24.1 Å². The Kier molecular flexibility index (Phi) is 4.90. The smallest absolute Gasteiger partial charge is 0.152 e. The van der Waals surface area contributed by atoms with Gasteiger partial charge in [-0.25, -0.2) is 12.8 Å². The summed E-state index contributed by atoms with van der Waals surface area (Å²) in [5.41, 5.74) is 1.03. The lowest BCUT2D eigenvalue weighted by Gasteiger charge is -2.17. The zero-order valence-corrected chi connectivity index (χ0v) is 12.0. The van der Waals surface area contributed by atoms with Gasteiger partial charge in [-0.2, -0.15) is 5.26 Å². The third-order valence-corrected chi connectivity index (χ3v) is 4.71. The van der Waals surface area contributed by atoms with Crippen LogP contribution in [0.4, 0.5) is 10.1 Å². The Morgan fingerprint density at radius 2 is 2.11 bits per heavy atom. The number of hydrogen-bond donors (Lipinski definition) is 1. The van der Waals surface area contributed by atoms with Crippen molar-refractivity contribution in [3.05, 3.63) is 29.1 Å². The third kappa shape index (κ3) is 4.21. The minimum Gasteiger partial charge on any atom is -0.381 e. The summed E-state index contributed by atoms with van der Waals surface area (Å²) in [5.74, 6) is -0.432. The van der Waals surface area contributed by atoms with Crippen LogP contribution in [0.25, 0.3) is 0 Å². The standard InChI is InChI=1S/C13H17FN2O2S/c1-4-19(17,18)8-9(2)16-13-6-11(7-15)5-12(14)10(13)3/h5-6,9,16H,4,8H2,1-3H3. The SMILES string of the molecule is CCS(=O)(=O)CC(C)Nc1cc(C#N)cc(F)c1C. The van der Waals surface area contributed by atoms with Crippen molar-refractivity contribution >= 4 is 15.5 Å². The lowest BCUT2D eigenvalue weighted by molar-refractivity contribution is 0.593. The van der Waals surface area contributed by atoms with E-state index in [-0.39, 0.29) is 23.1 Å². The van der Waals surface area contributed by atoms with Crippen LogP contribution in [0.2, 0.25) is 0 Å². The topological polar surface area (TPSA) is 70.0 Å². The molecule has 1 aromatic carbocycles. The first-order chi connectivity index (χ1) is 8.79. The molecule has 0 aliphatic carbocycles. The van der Waals surface area contributed by atoms with Gasteiger partial charge in [-0.05, 0) is 26.0 Å². The van der Waals surface area contributed by atoms with Gasteiger partial charge in [0.15, 0.2) is 9.84 Å². The maximum atomic E-state index is 13.6. The summed E-state index contributed by atoms with van der Waals surface area (Å²) < 4.78 is 36.6. The zero-order valence-electron chi connectivity index (χ0n) is 11.2. The first-order valence-electron chi connectivity index (χ1n) is 5.96. The summed E-state index contributed by atoms with van der Waals surface area (Å²) >= 11 is 0. The molecule has 0 radical (unpaired) electrons. The molecule has 0 fully saturated rings. The lowest BCUT2D eigenvalue weighted by Crippen LogP contribution is -2.27. The maximum Gasteiger partial charge on any atom is 0.152 e. The molecule has 4 nitrogen and oxygen atoms in total. The van der Waals surface area contributed by atoms with Gasteiger partial charge in [0.2, 0.25) is 0 Å². The number of sulfone groups is 1. The fourth-order valence-electron chi connectivity index (χ4n) is 1.70. The van der Waals surface area contributed by atoms with Gasteiger partial charge in [-0.15, -0.1) is 0 Å². The second-order valence-corrected chi connectivity index (χ2v) is 6.88. The number of hydrogen-bond acceptors (Lipinski definition) is 4. The first-order valence-corrected chi connectivity index (χ1v) is 7.78. The Balaban J connectivity index is 2.94. The molecule has 0 saturated carbocycles. The van der Waals surface area contributed by atoms with Crippen LogP contribution in [-0.4, -0.2) is 26.0 Å². The van der Waals surface area contributed by atoms with Gasteiger partial charge in [-0.3, -0.25) is 0 Å². The Morgan fingerprint density at radius 1 is 1.47 bits per heavy atom. The van der Waals surface area contributed by atoms with Crippen LogP contribution >= 0.6 is 0 Å². The molecule has 1 N–H and O–H groups in total. The van der Waals surface area contributed by atoms with Crippen molar-refractivity contribution in [2.75, 3.05) is 16.8 Å². The Morgan fingerprint density at radius 3 is 2.63 bits per heavy atom. The molecule has 0 aromatic heterocycles. The molecule has 1 atom stereocenters. The summed E-state index contributed by atoms with van der Waals surface area (Å²) in [6.07, 6.45) is 0. The van der Waals surface area contributed by atoms with Crippen molar-refractivity contribution in [3.8, 4) is 6.07 Å². The van der Waals surface area contributed by atoms with Gasteiger partial charge in [0.25, 0.3) is 0 Å². The molecule has 0 aliphatic rings. The lowest BCUT2D eigenvalue weighted by atomic mass is 10.1. The minimum absolute atomic E-state index is 0.0264. The fourth-order valence-corrected chi connectivity index (χ4v) is 2.78. The molecular formula is C13H17FN2O2S. The molecular weight excluding hydrogens is 267 g/mol. The molecule has 19 heavy (non-hydrogen) atoms. The largest absolute Gasteiger partial charge is 0.381 e. The number of rotatable bonds is 5. The van der Waals surface area contributed by atoms with E-state index >= 15 is 0 Å². The van der Waals surface area contributed by atoms with Crippen LogP contribution in [0.15, 0.2) is 12.1 Å². The highest BCUT2D eigenvalue weighted by molar-refractivity contribution is 7.91. The van der Waals surface area contributed by atoms with E-state index in [1.807, 2.05) is 6.07 Å². The first kappa shape index (κ1) is 15.4. The van der Waals surface area contributed by atoms with E-state index in [4.69, 9.17) is 5.26 Å². The van der Waals surface area contributed by atoms with Gasteiger partial charge in [0, 0.05) is 23.0 Å². The van der Waals surface area contributed by atoms with Crippen molar-refractivity contribution in [3.63, 3.8) is 0 Å². The predicted octanol–water partition coefficient (Wildman–Crippen LogP) is 2.24. The number of nitrogens with one attached hydrogen (secondary N) is 1. The van der Waals surface area contributed by atoms with Crippen molar-refractivity contribution in [2.24, 2.45) is 0 Å². The van der Waals surface area contributed by atoms with E-state index in [0.29, 0.717) is 11.3 Å². The summed E-state index contributed by atoms with van der Waals surface area (Å²) in [7, 11) is -3.10. The average molecular weight is 284 g/mol. The van der Waals surface area contributed by atoms with Crippen LogP contribution in [0.5, 0.6) is 0 Å². The van der Waals surface area contributed by atoms with Crippen LogP contribution in [0.1, 0.15) is 25.0 Å². The quantitative estimate of drug-likeness (QED) is 0.900. The molecule has 104 valence electrons. The van der Waals surface area contributed by atoms with Gasteiger partial charge < -0.3 is 5.32 Å². The molecule has 6 heteroatoms. The van der Waals surface area contributed by atoms with E-state index in [1.165, 1.54) is 6.07 Å². The number of halogens is 1. The van der Waals surface area contributed by atoms with E-state index in [0.717, 1.165) is 6.07 Å². The molecule has 1 rings (SSSR count). The third-order valence-electron chi connectivity index (χ3n) is 2.82.